The number of hydrogen-bond acceptors (Lipinski definition) is 4. The number of carbonyl (C=O) groups excluding carboxylic acids is 2. The molecule has 0 bridgehead atoms. The van der Waals surface area contributed by atoms with E-state index in [0.29, 0.717) is 11.1 Å². The normalized spacial score (nSPS) is 13.0. The van der Waals surface area contributed by atoms with Crippen LogP contribution in [0.25, 0.3) is 0 Å². The minimum absolute atomic E-state index is 0.0202. The molecule has 3 rings (SSSR count). The van der Waals surface area contributed by atoms with Crippen LogP contribution in [-0.4, -0.2) is 40.1 Å². The number of benzene rings is 2. The van der Waals surface area contributed by atoms with Gasteiger partial charge in [0.05, 0.1) is 6.54 Å². The van der Waals surface area contributed by atoms with E-state index in [9.17, 15) is 14.4 Å². The maximum absolute atomic E-state index is 12.5. The van der Waals surface area contributed by atoms with Crippen molar-refractivity contribution in [2.45, 2.75) is 6.54 Å². The molecule has 0 saturated carbocycles. The van der Waals surface area contributed by atoms with Gasteiger partial charge in [-0.15, -0.1) is 0 Å². The zero-order valence-corrected chi connectivity index (χ0v) is 12.8. The number of para-hydroxylation sites is 1. The average molecular weight is 326 g/mol. The molecule has 2 aromatic carbocycles. The van der Waals surface area contributed by atoms with Gasteiger partial charge in [-0.1, -0.05) is 30.3 Å². The third-order valence-electron chi connectivity index (χ3n) is 3.72. The molecule has 1 aliphatic rings. The van der Waals surface area contributed by atoms with Crippen molar-refractivity contribution in [3.05, 3.63) is 65.2 Å². The van der Waals surface area contributed by atoms with E-state index in [0.717, 1.165) is 10.0 Å². The number of carbonyl (C=O) groups is 3. The largest absolute Gasteiger partial charge is 0.478 e. The number of hydrogen-bond donors (Lipinski definition) is 1. The summed E-state index contributed by atoms with van der Waals surface area (Å²) in [5.74, 6) is -1.53. The number of carboxylic acids is 1. The molecular weight excluding hydrogens is 312 g/mol. The maximum Gasteiger partial charge on any atom is 0.434 e. The highest BCUT2D eigenvalue weighted by atomic mass is 16.6. The van der Waals surface area contributed by atoms with Crippen LogP contribution in [0, 0.1) is 0 Å². The molecule has 2 amide bonds. The van der Waals surface area contributed by atoms with E-state index in [1.807, 2.05) is 0 Å². The van der Waals surface area contributed by atoms with E-state index in [1.165, 1.54) is 13.1 Å². The second kappa shape index (κ2) is 6.04. The predicted octanol–water partition coefficient (Wildman–Crippen LogP) is 2.39. The fourth-order valence-corrected chi connectivity index (χ4v) is 2.47. The molecule has 0 fully saturated rings. The highest BCUT2D eigenvalue weighted by Gasteiger charge is 2.33. The number of carboxylic acid groups (broad SMARTS) is 1. The third-order valence-corrected chi connectivity index (χ3v) is 3.72. The van der Waals surface area contributed by atoms with E-state index in [-0.39, 0.29) is 23.8 Å². The van der Waals surface area contributed by atoms with Crippen molar-refractivity contribution in [2.24, 2.45) is 0 Å². The first-order chi connectivity index (χ1) is 11.5. The summed E-state index contributed by atoms with van der Waals surface area (Å²) in [4.78, 5) is 35.9. The summed E-state index contributed by atoms with van der Waals surface area (Å²) in [6, 6.07) is 13.1. The third kappa shape index (κ3) is 2.67. The van der Waals surface area contributed by atoms with Gasteiger partial charge in [0.15, 0.2) is 5.75 Å². The van der Waals surface area contributed by atoms with E-state index >= 15 is 0 Å². The first-order valence-corrected chi connectivity index (χ1v) is 7.16. The fraction of sp³-hybridized carbons (Fsp3) is 0.118. The van der Waals surface area contributed by atoms with Gasteiger partial charge in [-0.3, -0.25) is 4.79 Å². The van der Waals surface area contributed by atoms with Crippen molar-refractivity contribution in [3.63, 3.8) is 0 Å². The van der Waals surface area contributed by atoms with Crippen LogP contribution in [0.3, 0.4) is 0 Å². The molecule has 122 valence electrons. The molecule has 0 aliphatic carbocycles. The highest BCUT2D eigenvalue weighted by Crippen LogP contribution is 2.30. The SMILES string of the molecule is CN(C(=O)c1ccccc1)N1Cc2cccc(C(=O)O)c2OC1=O. The second-order valence-electron chi connectivity index (χ2n) is 5.22. The van der Waals surface area contributed by atoms with Gasteiger partial charge in [-0.05, 0) is 18.2 Å². The zero-order valence-electron chi connectivity index (χ0n) is 12.8. The maximum atomic E-state index is 12.5. The second-order valence-corrected chi connectivity index (χ2v) is 5.22. The first kappa shape index (κ1) is 15.5. The summed E-state index contributed by atoms with van der Waals surface area (Å²) < 4.78 is 5.16. The molecule has 1 aliphatic heterocycles. The Labute approximate surface area is 137 Å². The number of rotatable bonds is 3. The Kier molecular flexibility index (Phi) is 3.91. The van der Waals surface area contributed by atoms with E-state index in [4.69, 9.17) is 9.84 Å². The van der Waals surface area contributed by atoms with E-state index < -0.39 is 12.1 Å². The van der Waals surface area contributed by atoms with Crippen LogP contribution in [0.4, 0.5) is 4.79 Å². The molecule has 7 heteroatoms. The first-order valence-electron chi connectivity index (χ1n) is 7.16. The Balaban J connectivity index is 1.89. The van der Waals surface area contributed by atoms with E-state index in [1.54, 1.807) is 42.5 Å². The molecule has 0 saturated heterocycles. The highest BCUT2D eigenvalue weighted by molar-refractivity contribution is 5.96. The van der Waals surface area contributed by atoms with Crippen molar-refractivity contribution < 1.29 is 24.2 Å². The number of aromatic carboxylic acids is 1. The molecule has 2 aromatic rings. The van der Waals surface area contributed by atoms with Crippen LogP contribution in [0.5, 0.6) is 5.75 Å². The Morgan fingerprint density at radius 1 is 1.12 bits per heavy atom. The lowest BCUT2D eigenvalue weighted by atomic mass is 10.1. The van der Waals surface area contributed by atoms with Crippen LogP contribution < -0.4 is 4.74 Å². The lowest BCUT2D eigenvalue weighted by molar-refractivity contribution is 0.00442. The lowest BCUT2D eigenvalue weighted by Crippen LogP contribution is -2.50. The molecule has 0 radical (unpaired) electrons. The topological polar surface area (TPSA) is 87.2 Å². The molecule has 1 N–H and O–H groups in total. The van der Waals surface area contributed by atoms with Gasteiger partial charge in [0.2, 0.25) is 0 Å². The molecule has 0 unspecified atom stereocenters. The molecule has 0 spiro atoms. The minimum Gasteiger partial charge on any atom is -0.478 e. The van der Waals surface area contributed by atoms with Gasteiger partial charge in [-0.25, -0.2) is 19.6 Å². The summed E-state index contributed by atoms with van der Waals surface area (Å²) >= 11 is 0. The predicted molar refractivity (Wildman–Crippen MR) is 83.5 cm³/mol. The molecule has 0 aromatic heterocycles. The van der Waals surface area contributed by atoms with Crippen LogP contribution in [-0.2, 0) is 6.54 Å². The van der Waals surface area contributed by atoms with Crippen LogP contribution in [0.2, 0.25) is 0 Å². The Morgan fingerprint density at radius 3 is 2.50 bits per heavy atom. The van der Waals surface area contributed by atoms with Crippen molar-refractivity contribution in [3.8, 4) is 5.75 Å². The van der Waals surface area contributed by atoms with E-state index in [2.05, 4.69) is 0 Å². The minimum atomic E-state index is -1.18. The summed E-state index contributed by atoms with van der Waals surface area (Å²) in [5, 5.41) is 11.5. The number of fused-ring (bicyclic) bond motifs is 1. The van der Waals surface area contributed by atoms with Gasteiger partial charge < -0.3 is 9.84 Å². The van der Waals surface area contributed by atoms with Crippen LogP contribution >= 0.6 is 0 Å². The standard InChI is InChI=1S/C17H14N2O5/c1-18(15(20)11-6-3-2-4-7-11)19-10-12-8-5-9-13(16(21)22)14(12)24-17(19)23/h2-9H,10H2,1H3,(H,21,22). The van der Waals surface area contributed by atoms with Crippen molar-refractivity contribution in [1.82, 2.24) is 10.0 Å². The van der Waals surface area contributed by atoms with Crippen LogP contribution in [0.1, 0.15) is 26.3 Å². The number of amides is 2. The van der Waals surface area contributed by atoms with Gasteiger partial charge in [0, 0.05) is 18.2 Å². The smallest absolute Gasteiger partial charge is 0.434 e. The van der Waals surface area contributed by atoms with Gasteiger partial charge in [-0.2, -0.15) is 0 Å². The molecule has 7 nitrogen and oxygen atoms in total. The summed E-state index contributed by atoms with van der Waals surface area (Å²) in [6.07, 6.45) is -0.803. The van der Waals surface area contributed by atoms with Gasteiger partial charge in [0.1, 0.15) is 5.56 Å². The number of hydrazine groups is 1. The summed E-state index contributed by atoms with van der Waals surface area (Å²) in [6.45, 7) is 0.0460. The molecule has 0 atom stereocenters. The van der Waals surface area contributed by atoms with Crippen molar-refractivity contribution >= 4 is 18.0 Å². The monoisotopic (exact) mass is 326 g/mol. The fourth-order valence-electron chi connectivity index (χ4n) is 2.47. The number of nitrogens with zero attached hydrogens (tertiary/aromatic N) is 2. The van der Waals surface area contributed by atoms with Crippen molar-refractivity contribution in [1.29, 1.82) is 0 Å². The average Bonchev–Trinajstić information content (AvgIpc) is 2.60. The van der Waals surface area contributed by atoms with Gasteiger partial charge >= 0.3 is 12.1 Å². The molecule has 1 heterocycles. The quantitative estimate of drug-likeness (QED) is 0.936. The summed E-state index contributed by atoms with van der Waals surface area (Å²) in [7, 11) is 1.46. The zero-order chi connectivity index (χ0) is 17.3. The lowest BCUT2D eigenvalue weighted by Gasteiger charge is -2.34. The molecular formula is C17H14N2O5. The van der Waals surface area contributed by atoms with Crippen LogP contribution in [0.15, 0.2) is 48.5 Å². The Bertz CT molecular complexity index is 819. The molecule has 24 heavy (non-hydrogen) atoms. The van der Waals surface area contributed by atoms with Gasteiger partial charge in [0.25, 0.3) is 5.91 Å². The summed E-state index contributed by atoms with van der Waals surface area (Å²) in [5.41, 5.74) is 0.859. The Morgan fingerprint density at radius 2 is 1.83 bits per heavy atom. The number of ether oxygens (including phenoxy) is 1. The van der Waals surface area contributed by atoms with Crippen molar-refractivity contribution in [2.75, 3.05) is 7.05 Å². The Hall–Kier alpha value is -3.35.